The van der Waals surface area contributed by atoms with Gasteiger partial charge in [0.05, 0.1) is 0 Å². The molecule has 0 amide bonds. The van der Waals surface area contributed by atoms with Crippen LogP contribution < -0.4 is 5.11 Å². The molecule has 1 aliphatic rings. The van der Waals surface area contributed by atoms with Gasteiger partial charge >= 0.3 is 98.3 Å². The van der Waals surface area contributed by atoms with Crippen molar-refractivity contribution in [1.82, 2.24) is 3.92 Å². The fourth-order valence-electron chi connectivity index (χ4n) is 2.92. The third-order valence-corrected chi connectivity index (χ3v) is 5.95. The van der Waals surface area contributed by atoms with Crippen molar-refractivity contribution < 1.29 is 9.90 Å². The van der Waals surface area contributed by atoms with Gasteiger partial charge in [0.15, 0.2) is 0 Å². The van der Waals surface area contributed by atoms with Gasteiger partial charge in [0.25, 0.3) is 0 Å². The summed E-state index contributed by atoms with van der Waals surface area (Å²) in [6, 6.07) is 0. The summed E-state index contributed by atoms with van der Waals surface area (Å²) < 4.78 is 2.45. The molecule has 1 saturated heterocycles. The normalized spacial score (nSPS) is 26.5. The molecule has 15 heavy (non-hydrogen) atoms. The molecule has 0 saturated carbocycles. The first-order valence-electron chi connectivity index (χ1n) is 5.26. The first kappa shape index (κ1) is 13.0. The van der Waals surface area contributed by atoms with Crippen LogP contribution in [-0.2, 0) is 4.79 Å². The van der Waals surface area contributed by atoms with E-state index in [0.717, 1.165) is 0 Å². The number of rotatable bonds is 2. The average Bonchev–Trinajstić information content (AvgIpc) is 1.99. The first-order valence-corrected chi connectivity index (χ1v) is 7.74. The summed E-state index contributed by atoms with van der Waals surface area (Å²) in [6.45, 7) is 8.54. The number of hydrogen-bond acceptors (Lipinski definition) is 3. The van der Waals surface area contributed by atoms with Crippen molar-refractivity contribution in [2.45, 2.75) is 57.4 Å². The minimum atomic E-state index is -0.889. The molecular weight excluding hydrogens is 257 g/mol. The molecule has 1 rings (SSSR count). The Morgan fingerprint density at radius 3 is 1.93 bits per heavy atom. The van der Waals surface area contributed by atoms with Crippen LogP contribution in [0, 0.1) is 5.92 Å². The molecule has 0 aliphatic carbocycles. The summed E-state index contributed by atoms with van der Waals surface area (Å²) in [5.41, 5.74) is -0.0531. The Hall–Kier alpha value is -0.0505. The predicted octanol–water partition coefficient (Wildman–Crippen LogP) is 0.673. The number of aliphatic carboxylic acids is 1. The van der Waals surface area contributed by atoms with E-state index >= 15 is 0 Å². The van der Waals surface area contributed by atoms with Crippen LogP contribution in [0.5, 0.6) is 0 Å². The second-order valence-electron chi connectivity index (χ2n) is 5.53. The monoisotopic (exact) mass is 278 g/mol. The summed E-state index contributed by atoms with van der Waals surface area (Å²) in [5, 5.41) is 11.0. The molecule has 1 heterocycles. The summed E-state index contributed by atoms with van der Waals surface area (Å²) >= 11 is 0.407. The number of piperidine rings is 1. The average molecular weight is 277 g/mol. The molecule has 0 atom stereocenters. The van der Waals surface area contributed by atoms with Crippen molar-refractivity contribution in [2.24, 2.45) is 5.92 Å². The molecule has 0 aromatic rings. The Bertz CT molecular complexity index is 245. The van der Waals surface area contributed by atoms with Crippen LogP contribution in [-0.4, -0.2) is 36.1 Å². The summed E-state index contributed by atoms with van der Waals surface area (Å²) in [7, 11) is 0. The number of carboxylic acids is 1. The van der Waals surface area contributed by atoms with Gasteiger partial charge in [0, 0.05) is 0 Å². The van der Waals surface area contributed by atoms with E-state index < -0.39 is 5.97 Å². The van der Waals surface area contributed by atoms with E-state index in [1.165, 1.54) is 0 Å². The molecule has 1 fully saturated rings. The Morgan fingerprint density at radius 2 is 1.67 bits per heavy atom. The van der Waals surface area contributed by atoms with Crippen molar-refractivity contribution in [3.8, 4) is 0 Å². The molecular formula is C11H20NO2Se-. The number of hydrogen-bond donors (Lipinski definition) is 0. The van der Waals surface area contributed by atoms with Crippen LogP contribution in [0.1, 0.15) is 40.5 Å². The molecule has 0 bridgehead atoms. The zero-order valence-corrected chi connectivity index (χ0v) is 11.9. The Labute approximate surface area is 98.6 Å². The Kier molecular flexibility index (Phi) is 3.54. The van der Waals surface area contributed by atoms with Gasteiger partial charge < -0.3 is 0 Å². The molecule has 4 heteroatoms. The molecule has 0 N–H and O–H groups in total. The van der Waals surface area contributed by atoms with Crippen molar-refractivity contribution in [2.75, 3.05) is 0 Å². The van der Waals surface area contributed by atoms with E-state index in [1.54, 1.807) is 0 Å². The summed E-state index contributed by atoms with van der Waals surface area (Å²) in [4.78, 5) is 11.0. The quantitative estimate of drug-likeness (QED) is 0.697. The van der Waals surface area contributed by atoms with E-state index in [1.807, 2.05) is 0 Å². The van der Waals surface area contributed by atoms with Gasteiger partial charge in [-0.2, -0.15) is 0 Å². The van der Waals surface area contributed by atoms with Gasteiger partial charge in [-0.3, -0.25) is 0 Å². The van der Waals surface area contributed by atoms with Crippen molar-refractivity contribution in [1.29, 1.82) is 0 Å². The molecule has 88 valence electrons. The van der Waals surface area contributed by atoms with Crippen LogP contribution in [0.4, 0.5) is 0 Å². The second kappa shape index (κ2) is 4.08. The number of carbonyl (C=O) groups excluding carboxylic acids is 1. The van der Waals surface area contributed by atoms with Crippen LogP contribution in [0.25, 0.3) is 0 Å². The third kappa shape index (κ3) is 2.55. The van der Waals surface area contributed by atoms with Gasteiger partial charge in [-0.15, -0.1) is 0 Å². The predicted molar refractivity (Wildman–Crippen MR) is 59.3 cm³/mol. The first-order chi connectivity index (χ1) is 6.70. The van der Waals surface area contributed by atoms with Gasteiger partial charge in [0.2, 0.25) is 0 Å². The van der Waals surface area contributed by atoms with E-state index in [-0.39, 0.29) is 17.0 Å². The van der Waals surface area contributed by atoms with Crippen LogP contribution in [0.15, 0.2) is 0 Å². The van der Waals surface area contributed by atoms with Crippen LogP contribution in [0.3, 0.4) is 0 Å². The van der Waals surface area contributed by atoms with E-state index in [0.29, 0.717) is 28.0 Å². The van der Waals surface area contributed by atoms with Crippen LogP contribution in [0.2, 0.25) is 5.82 Å². The Balaban J connectivity index is 2.95. The maximum atomic E-state index is 11.0. The zero-order chi connectivity index (χ0) is 11.9. The number of carboxylic acid groups (broad SMARTS) is 1. The molecule has 3 nitrogen and oxygen atoms in total. The standard InChI is InChI=1S/C11H21NO2Se/c1-10(2)6-8(9(13)14)7-11(3,4)12(10)15-5/h8H,6-7H2,1-5H3,(H,13,14)/p-1. The van der Waals surface area contributed by atoms with Gasteiger partial charge in [-0.1, -0.05) is 0 Å². The topological polar surface area (TPSA) is 43.4 Å². The molecule has 1 aliphatic heterocycles. The number of carbonyl (C=O) groups is 1. The molecule has 0 spiro atoms. The van der Waals surface area contributed by atoms with E-state index in [9.17, 15) is 9.90 Å². The summed E-state index contributed by atoms with van der Waals surface area (Å²) in [6.07, 6.45) is 1.41. The SMILES string of the molecule is C[Se]N1C(C)(C)CC(C(=O)[O-])CC1(C)C. The third-order valence-electron chi connectivity index (χ3n) is 3.11. The van der Waals surface area contributed by atoms with Gasteiger partial charge in [-0.25, -0.2) is 0 Å². The van der Waals surface area contributed by atoms with E-state index in [2.05, 4.69) is 37.4 Å². The van der Waals surface area contributed by atoms with E-state index in [4.69, 9.17) is 0 Å². The number of nitrogens with zero attached hydrogens (tertiary/aromatic N) is 1. The second-order valence-corrected chi connectivity index (χ2v) is 7.06. The van der Waals surface area contributed by atoms with Crippen LogP contribution >= 0.6 is 0 Å². The van der Waals surface area contributed by atoms with Crippen molar-refractivity contribution in [3.63, 3.8) is 0 Å². The maximum absolute atomic E-state index is 11.0. The molecule has 0 radical (unpaired) electrons. The van der Waals surface area contributed by atoms with Gasteiger partial charge in [0.1, 0.15) is 0 Å². The fourth-order valence-corrected chi connectivity index (χ4v) is 5.31. The van der Waals surface area contributed by atoms with Crippen molar-refractivity contribution >= 4 is 21.1 Å². The minimum absolute atomic E-state index is 0.0266. The van der Waals surface area contributed by atoms with Gasteiger partial charge in [-0.05, 0) is 0 Å². The molecule has 0 unspecified atom stereocenters. The molecule has 0 aromatic heterocycles. The Morgan fingerprint density at radius 1 is 1.27 bits per heavy atom. The summed E-state index contributed by atoms with van der Waals surface area (Å²) in [5.74, 6) is 1.00. The fraction of sp³-hybridized carbons (Fsp3) is 0.909. The van der Waals surface area contributed by atoms with Crippen molar-refractivity contribution in [3.05, 3.63) is 0 Å². The molecule has 0 aromatic carbocycles. The zero-order valence-electron chi connectivity index (χ0n) is 10.2.